The molecular formula is C18H21N3O3. The van der Waals surface area contributed by atoms with Gasteiger partial charge in [-0.2, -0.15) is 0 Å². The average Bonchev–Trinajstić information content (AvgIpc) is 2.62. The van der Waals surface area contributed by atoms with Gasteiger partial charge in [-0.1, -0.05) is 17.7 Å². The summed E-state index contributed by atoms with van der Waals surface area (Å²) >= 11 is 0. The third kappa shape index (κ3) is 4.44. The number of carbonyl (C=O) groups excluding carboxylic acids is 1. The van der Waals surface area contributed by atoms with Gasteiger partial charge < -0.3 is 14.4 Å². The molecule has 2 heterocycles. The topological polar surface area (TPSA) is 64.5 Å². The molecule has 1 aliphatic heterocycles. The molecule has 1 saturated heterocycles. The number of ether oxygens (including phenoxy) is 2. The van der Waals surface area contributed by atoms with Crippen molar-refractivity contribution in [2.75, 3.05) is 19.7 Å². The number of likely N-dealkylation sites (tertiary alicyclic amines) is 1. The summed E-state index contributed by atoms with van der Waals surface area (Å²) in [4.78, 5) is 22.2. The van der Waals surface area contributed by atoms with Crippen LogP contribution in [0, 0.1) is 6.92 Å². The van der Waals surface area contributed by atoms with E-state index in [4.69, 9.17) is 9.47 Å². The zero-order valence-electron chi connectivity index (χ0n) is 13.7. The van der Waals surface area contributed by atoms with Crippen molar-refractivity contribution in [2.24, 2.45) is 0 Å². The van der Waals surface area contributed by atoms with Gasteiger partial charge in [0.05, 0.1) is 12.7 Å². The van der Waals surface area contributed by atoms with Gasteiger partial charge in [0.1, 0.15) is 11.9 Å². The summed E-state index contributed by atoms with van der Waals surface area (Å²) in [5.41, 5.74) is 1.16. The van der Waals surface area contributed by atoms with Crippen LogP contribution in [-0.4, -0.2) is 46.6 Å². The Labute approximate surface area is 141 Å². The Balaban J connectivity index is 1.50. The summed E-state index contributed by atoms with van der Waals surface area (Å²) in [5.74, 6) is 1.18. The van der Waals surface area contributed by atoms with E-state index < -0.39 is 0 Å². The lowest BCUT2D eigenvalue weighted by Crippen LogP contribution is -2.46. The van der Waals surface area contributed by atoms with Crippen molar-refractivity contribution < 1.29 is 14.3 Å². The van der Waals surface area contributed by atoms with Crippen LogP contribution in [-0.2, 0) is 4.79 Å². The smallest absolute Gasteiger partial charge is 0.260 e. The van der Waals surface area contributed by atoms with E-state index in [9.17, 15) is 4.79 Å². The number of benzene rings is 1. The van der Waals surface area contributed by atoms with E-state index in [1.807, 2.05) is 31.2 Å². The predicted molar refractivity (Wildman–Crippen MR) is 88.9 cm³/mol. The number of hydrogen-bond donors (Lipinski definition) is 0. The van der Waals surface area contributed by atoms with Crippen LogP contribution >= 0.6 is 0 Å². The molecular weight excluding hydrogens is 306 g/mol. The first-order chi connectivity index (χ1) is 11.7. The molecule has 6 heteroatoms. The van der Waals surface area contributed by atoms with Crippen LogP contribution < -0.4 is 9.47 Å². The molecule has 2 aromatic rings. The largest absolute Gasteiger partial charge is 0.484 e. The molecule has 1 amide bonds. The molecule has 0 spiro atoms. The summed E-state index contributed by atoms with van der Waals surface area (Å²) < 4.78 is 11.4. The highest BCUT2D eigenvalue weighted by atomic mass is 16.5. The third-order valence-corrected chi connectivity index (χ3v) is 3.94. The molecule has 0 N–H and O–H groups in total. The Bertz CT molecular complexity index is 661. The lowest BCUT2D eigenvalue weighted by atomic mass is 10.1. The first-order valence-corrected chi connectivity index (χ1v) is 8.10. The maximum absolute atomic E-state index is 12.4. The second kappa shape index (κ2) is 7.77. The van der Waals surface area contributed by atoms with Crippen LogP contribution in [0.5, 0.6) is 11.6 Å². The molecule has 24 heavy (non-hydrogen) atoms. The average molecular weight is 327 g/mol. The summed E-state index contributed by atoms with van der Waals surface area (Å²) in [6.07, 6.45) is 6.53. The number of rotatable bonds is 5. The predicted octanol–water partition coefficient (Wildman–Crippen LogP) is 2.23. The monoisotopic (exact) mass is 327 g/mol. The highest BCUT2D eigenvalue weighted by molar-refractivity contribution is 5.77. The molecule has 0 bridgehead atoms. The summed E-state index contributed by atoms with van der Waals surface area (Å²) in [7, 11) is 0. The van der Waals surface area contributed by atoms with E-state index in [1.165, 1.54) is 0 Å². The number of piperidine rings is 1. The summed E-state index contributed by atoms with van der Waals surface area (Å²) in [6, 6.07) is 7.68. The van der Waals surface area contributed by atoms with Gasteiger partial charge in [0.25, 0.3) is 5.91 Å². The molecule has 126 valence electrons. The van der Waals surface area contributed by atoms with Gasteiger partial charge in [0, 0.05) is 18.9 Å². The lowest BCUT2D eigenvalue weighted by Gasteiger charge is -2.32. The Morgan fingerprint density at radius 1 is 1.29 bits per heavy atom. The molecule has 1 aromatic carbocycles. The van der Waals surface area contributed by atoms with E-state index >= 15 is 0 Å². The molecule has 1 aromatic heterocycles. The van der Waals surface area contributed by atoms with Gasteiger partial charge in [0.15, 0.2) is 6.61 Å². The molecule has 1 unspecified atom stereocenters. The zero-order chi connectivity index (χ0) is 16.8. The molecule has 1 atom stereocenters. The van der Waals surface area contributed by atoms with E-state index in [1.54, 1.807) is 23.5 Å². The van der Waals surface area contributed by atoms with Crippen LogP contribution in [0.15, 0.2) is 42.9 Å². The van der Waals surface area contributed by atoms with E-state index in [0.717, 1.165) is 24.9 Å². The van der Waals surface area contributed by atoms with Crippen LogP contribution in [0.1, 0.15) is 18.4 Å². The van der Waals surface area contributed by atoms with Gasteiger partial charge in [0.2, 0.25) is 5.88 Å². The fourth-order valence-corrected chi connectivity index (χ4v) is 2.65. The molecule has 1 fully saturated rings. The van der Waals surface area contributed by atoms with Crippen LogP contribution in [0.25, 0.3) is 0 Å². The van der Waals surface area contributed by atoms with Crippen molar-refractivity contribution in [3.05, 3.63) is 48.4 Å². The quantitative estimate of drug-likeness (QED) is 0.842. The molecule has 1 aliphatic rings. The van der Waals surface area contributed by atoms with Crippen LogP contribution in [0.4, 0.5) is 0 Å². The minimum atomic E-state index is -0.0567. The maximum atomic E-state index is 12.4. The second-order valence-electron chi connectivity index (χ2n) is 5.87. The fourth-order valence-electron chi connectivity index (χ4n) is 2.65. The number of amides is 1. The van der Waals surface area contributed by atoms with Gasteiger partial charge in [-0.3, -0.25) is 9.78 Å². The van der Waals surface area contributed by atoms with Crippen LogP contribution in [0.2, 0.25) is 0 Å². The zero-order valence-corrected chi connectivity index (χ0v) is 13.7. The van der Waals surface area contributed by atoms with Crippen molar-refractivity contribution in [3.63, 3.8) is 0 Å². The first-order valence-electron chi connectivity index (χ1n) is 8.10. The third-order valence-electron chi connectivity index (χ3n) is 3.94. The highest BCUT2D eigenvalue weighted by Gasteiger charge is 2.25. The normalized spacial score (nSPS) is 17.4. The van der Waals surface area contributed by atoms with E-state index in [-0.39, 0.29) is 18.6 Å². The van der Waals surface area contributed by atoms with Crippen LogP contribution in [0.3, 0.4) is 0 Å². The van der Waals surface area contributed by atoms with Gasteiger partial charge in [-0.05, 0) is 31.9 Å². The first kappa shape index (κ1) is 16.2. The second-order valence-corrected chi connectivity index (χ2v) is 5.87. The molecule has 0 saturated carbocycles. The highest BCUT2D eigenvalue weighted by Crippen LogP contribution is 2.17. The number of hydrogen-bond acceptors (Lipinski definition) is 5. The van der Waals surface area contributed by atoms with Crippen molar-refractivity contribution in [1.29, 1.82) is 0 Å². The Kier molecular flexibility index (Phi) is 5.25. The molecule has 0 aliphatic carbocycles. The molecule has 3 rings (SSSR count). The molecule has 6 nitrogen and oxygen atoms in total. The minimum Gasteiger partial charge on any atom is -0.484 e. The van der Waals surface area contributed by atoms with Crippen molar-refractivity contribution in [2.45, 2.75) is 25.9 Å². The number of nitrogens with zero attached hydrogens (tertiary/aromatic N) is 3. The standard InChI is InChI=1S/C18H21N3O3/c1-14-4-6-15(7-5-14)23-13-18(22)21-10-2-3-16(12-21)24-17-11-19-8-9-20-17/h4-9,11,16H,2-3,10,12-13H2,1H3. The SMILES string of the molecule is Cc1ccc(OCC(=O)N2CCCC(Oc3cnccn3)C2)cc1. The Morgan fingerprint density at radius 2 is 2.12 bits per heavy atom. The minimum absolute atomic E-state index is 0.0250. The van der Waals surface area contributed by atoms with E-state index in [0.29, 0.717) is 18.2 Å². The molecule has 0 radical (unpaired) electrons. The van der Waals surface area contributed by atoms with Crippen molar-refractivity contribution in [1.82, 2.24) is 14.9 Å². The lowest BCUT2D eigenvalue weighted by molar-refractivity contribution is -0.136. The van der Waals surface area contributed by atoms with Gasteiger partial charge in [-0.15, -0.1) is 0 Å². The Hall–Kier alpha value is -2.63. The van der Waals surface area contributed by atoms with Gasteiger partial charge >= 0.3 is 0 Å². The summed E-state index contributed by atoms with van der Waals surface area (Å²) in [5, 5.41) is 0. The number of aryl methyl sites for hydroxylation is 1. The fraction of sp³-hybridized carbons (Fsp3) is 0.389. The van der Waals surface area contributed by atoms with Crippen molar-refractivity contribution in [3.8, 4) is 11.6 Å². The maximum Gasteiger partial charge on any atom is 0.260 e. The van der Waals surface area contributed by atoms with Crippen molar-refractivity contribution >= 4 is 5.91 Å². The van der Waals surface area contributed by atoms with Gasteiger partial charge in [-0.25, -0.2) is 4.98 Å². The number of carbonyl (C=O) groups is 1. The van der Waals surface area contributed by atoms with E-state index in [2.05, 4.69) is 9.97 Å². The number of aromatic nitrogens is 2. The summed E-state index contributed by atoms with van der Waals surface area (Å²) in [6.45, 7) is 3.34. The Morgan fingerprint density at radius 3 is 2.88 bits per heavy atom.